The van der Waals surface area contributed by atoms with E-state index in [0.29, 0.717) is 24.8 Å². The Morgan fingerprint density at radius 1 is 1.23 bits per heavy atom. The molecule has 2 aromatic rings. The van der Waals surface area contributed by atoms with Crippen molar-refractivity contribution in [3.05, 3.63) is 95.2 Å². The van der Waals surface area contributed by atoms with Crippen LogP contribution in [0.2, 0.25) is 0 Å². The van der Waals surface area contributed by atoms with Gasteiger partial charge in [-0.05, 0) is 61.6 Å². The number of nitrogens with one attached hydrogen (secondary N) is 2. The van der Waals surface area contributed by atoms with Crippen LogP contribution in [0.1, 0.15) is 54.1 Å². The fraction of sp³-hybridized carbons (Fsp3) is 0.308. The van der Waals surface area contributed by atoms with Gasteiger partial charge in [0.25, 0.3) is 5.91 Å². The molecule has 0 atom stereocenters. The normalized spacial score (nSPS) is 19.1. The largest absolute Gasteiger partial charge is 0.492 e. The van der Waals surface area contributed by atoms with Crippen molar-refractivity contribution in [1.82, 2.24) is 15.6 Å². The quantitative estimate of drug-likeness (QED) is 0.685. The Hall–Kier alpha value is -3.34. The van der Waals surface area contributed by atoms with Crippen LogP contribution in [0.3, 0.4) is 0 Å². The van der Waals surface area contributed by atoms with Gasteiger partial charge in [-0.2, -0.15) is 0 Å². The number of allylic oxidation sites excluding steroid dienone is 4. The highest BCUT2D eigenvalue weighted by atomic mass is 16.5. The number of aromatic nitrogens is 1. The topological polar surface area (TPSA) is 63.2 Å². The second-order valence-corrected chi connectivity index (χ2v) is 8.04. The molecular formula is C26H29N3O2. The van der Waals surface area contributed by atoms with Gasteiger partial charge in [0.05, 0.1) is 6.61 Å². The molecule has 1 aromatic carbocycles. The summed E-state index contributed by atoms with van der Waals surface area (Å²) < 4.78 is 5.99. The number of ether oxygens (including phenoxy) is 1. The summed E-state index contributed by atoms with van der Waals surface area (Å²) in [4.78, 5) is 16.6. The number of rotatable bonds is 7. The summed E-state index contributed by atoms with van der Waals surface area (Å²) in [7, 11) is 0. The van der Waals surface area contributed by atoms with Gasteiger partial charge in [0.2, 0.25) is 0 Å². The molecule has 0 unspecified atom stereocenters. The van der Waals surface area contributed by atoms with Gasteiger partial charge in [-0.15, -0.1) is 0 Å². The molecule has 1 saturated carbocycles. The molecular weight excluding hydrogens is 386 g/mol. The Balaban J connectivity index is 1.49. The predicted molar refractivity (Wildman–Crippen MR) is 123 cm³/mol. The number of pyridine rings is 1. The maximum Gasteiger partial charge on any atom is 0.251 e. The van der Waals surface area contributed by atoms with Gasteiger partial charge in [0.15, 0.2) is 0 Å². The number of amides is 1. The molecule has 2 aliphatic rings. The molecule has 2 heterocycles. The lowest BCUT2D eigenvalue weighted by Gasteiger charge is -2.26. The first-order chi connectivity index (χ1) is 15.2. The molecule has 1 saturated heterocycles. The van der Waals surface area contributed by atoms with E-state index >= 15 is 0 Å². The third-order valence-corrected chi connectivity index (χ3v) is 5.95. The molecule has 5 heteroatoms. The highest BCUT2D eigenvalue weighted by molar-refractivity contribution is 5.94. The van der Waals surface area contributed by atoms with E-state index in [9.17, 15) is 4.79 Å². The van der Waals surface area contributed by atoms with Crippen LogP contribution < -0.4 is 10.6 Å². The second-order valence-electron chi connectivity index (χ2n) is 8.04. The standard InChI is InChI=1S/C26H29N3O2/c1-3-23(20-10-13-27-14-11-20)25-24(12-15-31-25)18(2)28-17-19-6-4-7-21(16-19)26(30)29-22-8-5-9-22/h3-4,6-7,10-11,13-14,16,22,28H,1,5,8-9,12,15,17H2,2H3,(H,29,30)/b24-18+,25-23-. The molecule has 0 spiro atoms. The molecule has 0 radical (unpaired) electrons. The number of carbonyl (C=O) groups is 1. The van der Waals surface area contributed by atoms with Gasteiger partial charge in [-0.1, -0.05) is 24.8 Å². The van der Waals surface area contributed by atoms with Crippen LogP contribution in [0, 0.1) is 0 Å². The van der Waals surface area contributed by atoms with E-state index in [4.69, 9.17) is 4.74 Å². The van der Waals surface area contributed by atoms with Crippen molar-refractivity contribution >= 4 is 11.5 Å². The number of nitrogens with zero attached hydrogens (tertiary/aromatic N) is 1. The van der Waals surface area contributed by atoms with Gasteiger partial charge in [-0.3, -0.25) is 9.78 Å². The lowest BCUT2D eigenvalue weighted by Crippen LogP contribution is -2.39. The Morgan fingerprint density at radius 3 is 2.74 bits per heavy atom. The fourth-order valence-corrected chi connectivity index (χ4v) is 3.91. The van der Waals surface area contributed by atoms with Gasteiger partial charge >= 0.3 is 0 Å². The van der Waals surface area contributed by atoms with Crippen LogP contribution in [0.5, 0.6) is 0 Å². The van der Waals surface area contributed by atoms with E-state index in [1.807, 2.05) is 42.5 Å². The van der Waals surface area contributed by atoms with Gasteiger partial charge in [-0.25, -0.2) is 0 Å². The van der Waals surface area contributed by atoms with Crippen molar-refractivity contribution in [2.45, 2.75) is 45.2 Å². The molecule has 31 heavy (non-hydrogen) atoms. The Morgan fingerprint density at radius 2 is 2.03 bits per heavy atom. The van der Waals surface area contributed by atoms with Crippen molar-refractivity contribution in [2.24, 2.45) is 0 Å². The molecule has 1 amide bonds. The predicted octanol–water partition coefficient (Wildman–Crippen LogP) is 4.75. The van der Waals surface area contributed by atoms with Crippen molar-refractivity contribution in [3.63, 3.8) is 0 Å². The second kappa shape index (κ2) is 9.65. The van der Waals surface area contributed by atoms with Crippen molar-refractivity contribution < 1.29 is 9.53 Å². The van der Waals surface area contributed by atoms with Crippen LogP contribution in [0.4, 0.5) is 0 Å². The molecule has 160 valence electrons. The molecule has 1 aliphatic heterocycles. The van der Waals surface area contributed by atoms with E-state index < -0.39 is 0 Å². The third-order valence-electron chi connectivity index (χ3n) is 5.95. The van der Waals surface area contributed by atoms with Crippen molar-refractivity contribution in [3.8, 4) is 0 Å². The monoisotopic (exact) mass is 415 g/mol. The number of hydrogen-bond donors (Lipinski definition) is 2. The van der Waals surface area contributed by atoms with E-state index in [0.717, 1.165) is 53.0 Å². The number of carbonyl (C=O) groups excluding carboxylic acids is 1. The Bertz CT molecular complexity index is 1020. The number of benzene rings is 1. The average Bonchev–Trinajstić information content (AvgIpc) is 3.25. The third kappa shape index (κ3) is 4.88. The molecule has 0 bridgehead atoms. The fourth-order valence-electron chi connectivity index (χ4n) is 3.91. The first kappa shape index (κ1) is 20.9. The molecule has 1 aromatic heterocycles. The maximum absolute atomic E-state index is 12.5. The van der Waals surface area contributed by atoms with Crippen LogP contribution in [-0.4, -0.2) is 23.5 Å². The van der Waals surface area contributed by atoms with E-state index in [2.05, 4.69) is 29.1 Å². The van der Waals surface area contributed by atoms with E-state index in [1.54, 1.807) is 12.4 Å². The molecule has 2 N–H and O–H groups in total. The SMILES string of the molecule is C=C/C(=C1/OCC/C1=C(/C)NCc1cccc(C(=O)NC2CCC2)c1)c1ccncc1. The molecule has 1 aliphatic carbocycles. The average molecular weight is 416 g/mol. The first-order valence-corrected chi connectivity index (χ1v) is 10.9. The lowest BCUT2D eigenvalue weighted by atomic mass is 9.93. The summed E-state index contributed by atoms with van der Waals surface area (Å²) in [5, 5.41) is 6.62. The summed E-state index contributed by atoms with van der Waals surface area (Å²) in [6.07, 6.45) is 9.62. The summed E-state index contributed by atoms with van der Waals surface area (Å²) >= 11 is 0. The van der Waals surface area contributed by atoms with Crippen molar-refractivity contribution in [1.29, 1.82) is 0 Å². The maximum atomic E-state index is 12.5. The summed E-state index contributed by atoms with van der Waals surface area (Å²) in [6, 6.07) is 12.1. The smallest absolute Gasteiger partial charge is 0.251 e. The lowest BCUT2D eigenvalue weighted by molar-refractivity contribution is 0.0917. The summed E-state index contributed by atoms with van der Waals surface area (Å²) in [5.41, 5.74) is 6.04. The van der Waals surface area contributed by atoms with Crippen LogP contribution in [-0.2, 0) is 11.3 Å². The van der Waals surface area contributed by atoms with Crippen LogP contribution in [0.15, 0.2) is 78.5 Å². The first-order valence-electron chi connectivity index (χ1n) is 10.9. The zero-order valence-electron chi connectivity index (χ0n) is 18.0. The minimum atomic E-state index is 0.0176. The molecule has 2 fully saturated rings. The minimum Gasteiger partial charge on any atom is -0.492 e. The summed E-state index contributed by atoms with van der Waals surface area (Å²) in [5.74, 6) is 0.892. The van der Waals surface area contributed by atoms with Gasteiger partial charge in [0.1, 0.15) is 5.76 Å². The minimum absolute atomic E-state index is 0.0176. The molecule has 4 rings (SSSR count). The van der Waals surface area contributed by atoms with Crippen LogP contribution in [0.25, 0.3) is 5.57 Å². The van der Waals surface area contributed by atoms with E-state index in [1.165, 1.54) is 6.42 Å². The number of hydrogen-bond acceptors (Lipinski definition) is 4. The summed E-state index contributed by atoms with van der Waals surface area (Å²) in [6.45, 7) is 7.36. The Kier molecular flexibility index (Phi) is 6.51. The highest BCUT2D eigenvalue weighted by Crippen LogP contribution is 2.33. The Labute approximate surface area is 183 Å². The van der Waals surface area contributed by atoms with Gasteiger partial charge in [0, 0.05) is 53.8 Å². The van der Waals surface area contributed by atoms with Gasteiger partial charge < -0.3 is 15.4 Å². The van der Waals surface area contributed by atoms with E-state index in [-0.39, 0.29) is 5.91 Å². The zero-order chi connectivity index (χ0) is 21.6. The highest BCUT2D eigenvalue weighted by Gasteiger charge is 2.22. The van der Waals surface area contributed by atoms with Crippen molar-refractivity contribution in [2.75, 3.05) is 6.61 Å². The molecule has 5 nitrogen and oxygen atoms in total. The zero-order valence-corrected chi connectivity index (χ0v) is 18.0. The van der Waals surface area contributed by atoms with Crippen LogP contribution >= 0.6 is 0 Å².